The third-order valence-electron chi connectivity index (χ3n) is 3.31. The monoisotopic (exact) mass is 279 g/mol. The number of ether oxygens (including phenoxy) is 1. The number of benzene rings is 1. The lowest BCUT2D eigenvalue weighted by Crippen LogP contribution is -2.45. The van der Waals surface area contributed by atoms with Crippen LogP contribution in [0.25, 0.3) is 0 Å². The van der Waals surface area contributed by atoms with E-state index in [-0.39, 0.29) is 17.8 Å². The van der Waals surface area contributed by atoms with Gasteiger partial charge in [-0.3, -0.25) is 10.1 Å². The number of nitro groups is 1. The SMILES string of the molecule is COC(=O)N1CCCC(Nc2ccccc2[N+](=O)[O-])C1. The Labute approximate surface area is 116 Å². The number of carbonyl (C=O) groups is 1. The third-order valence-corrected chi connectivity index (χ3v) is 3.31. The molecule has 20 heavy (non-hydrogen) atoms. The number of likely N-dealkylation sites (tertiary alicyclic amines) is 1. The minimum atomic E-state index is -0.413. The van der Waals surface area contributed by atoms with Gasteiger partial charge in [-0.15, -0.1) is 0 Å². The number of hydrogen-bond donors (Lipinski definition) is 1. The molecule has 2 rings (SSSR count). The number of nitrogens with zero attached hydrogens (tertiary/aromatic N) is 2. The van der Waals surface area contributed by atoms with Crippen LogP contribution in [0.4, 0.5) is 16.2 Å². The molecule has 0 saturated carbocycles. The molecule has 0 bridgehead atoms. The fourth-order valence-electron chi connectivity index (χ4n) is 2.36. The van der Waals surface area contributed by atoms with Crippen LogP contribution in [0.15, 0.2) is 24.3 Å². The lowest BCUT2D eigenvalue weighted by atomic mass is 10.1. The van der Waals surface area contributed by atoms with Crippen LogP contribution < -0.4 is 5.32 Å². The Morgan fingerprint density at radius 3 is 2.95 bits per heavy atom. The molecule has 1 atom stereocenters. The van der Waals surface area contributed by atoms with Crippen LogP contribution in [-0.2, 0) is 4.74 Å². The maximum Gasteiger partial charge on any atom is 0.409 e. The van der Waals surface area contributed by atoms with E-state index in [4.69, 9.17) is 4.74 Å². The summed E-state index contributed by atoms with van der Waals surface area (Å²) in [7, 11) is 1.35. The Balaban J connectivity index is 2.06. The largest absolute Gasteiger partial charge is 0.453 e. The normalized spacial score (nSPS) is 18.4. The molecule has 1 saturated heterocycles. The molecule has 7 heteroatoms. The molecule has 1 unspecified atom stereocenters. The number of para-hydroxylation sites is 2. The first kappa shape index (κ1) is 14.1. The Morgan fingerprint density at radius 1 is 1.50 bits per heavy atom. The van der Waals surface area contributed by atoms with Gasteiger partial charge in [-0.05, 0) is 18.9 Å². The molecule has 1 aliphatic rings. The summed E-state index contributed by atoms with van der Waals surface area (Å²) in [5.74, 6) is 0. The second-order valence-corrected chi connectivity index (χ2v) is 4.67. The summed E-state index contributed by atoms with van der Waals surface area (Å²) in [6, 6.07) is 6.50. The van der Waals surface area contributed by atoms with Crippen molar-refractivity contribution in [2.75, 3.05) is 25.5 Å². The summed E-state index contributed by atoms with van der Waals surface area (Å²) < 4.78 is 4.70. The van der Waals surface area contributed by atoms with Gasteiger partial charge >= 0.3 is 6.09 Å². The number of hydrogen-bond acceptors (Lipinski definition) is 5. The van der Waals surface area contributed by atoms with Crippen molar-refractivity contribution < 1.29 is 14.5 Å². The molecule has 0 radical (unpaired) electrons. The van der Waals surface area contributed by atoms with Crippen LogP contribution in [0, 0.1) is 10.1 Å². The zero-order valence-electron chi connectivity index (χ0n) is 11.2. The number of nitrogens with one attached hydrogen (secondary N) is 1. The molecule has 1 amide bonds. The number of rotatable bonds is 3. The van der Waals surface area contributed by atoms with Gasteiger partial charge in [0, 0.05) is 25.2 Å². The Hall–Kier alpha value is -2.31. The maximum absolute atomic E-state index is 11.5. The Morgan fingerprint density at radius 2 is 2.25 bits per heavy atom. The van der Waals surface area contributed by atoms with Gasteiger partial charge in [0.15, 0.2) is 0 Å². The second kappa shape index (κ2) is 6.23. The number of anilines is 1. The lowest BCUT2D eigenvalue weighted by molar-refractivity contribution is -0.384. The van der Waals surface area contributed by atoms with Crippen molar-refractivity contribution in [2.45, 2.75) is 18.9 Å². The molecule has 0 spiro atoms. The van der Waals surface area contributed by atoms with Crippen molar-refractivity contribution in [1.29, 1.82) is 0 Å². The van der Waals surface area contributed by atoms with Gasteiger partial charge in [-0.1, -0.05) is 12.1 Å². The molecular formula is C13H17N3O4. The van der Waals surface area contributed by atoms with Crippen molar-refractivity contribution in [2.24, 2.45) is 0 Å². The molecule has 1 aromatic carbocycles. The molecule has 1 aromatic rings. The van der Waals surface area contributed by atoms with E-state index >= 15 is 0 Å². The quantitative estimate of drug-likeness (QED) is 0.677. The van der Waals surface area contributed by atoms with Crippen LogP contribution in [0.3, 0.4) is 0 Å². The lowest BCUT2D eigenvalue weighted by Gasteiger charge is -2.32. The van der Waals surface area contributed by atoms with E-state index in [9.17, 15) is 14.9 Å². The first-order valence-corrected chi connectivity index (χ1v) is 6.44. The van der Waals surface area contributed by atoms with Gasteiger partial charge in [0.05, 0.1) is 12.0 Å². The zero-order valence-corrected chi connectivity index (χ0v) is 11.2. The maximum atomic E-state index is 11.5. The molecule has 1 fully saturated rings. The summed E-state index contributed by atoms with van der Waals surface area (Å²) in [5, 5.41) is 14.1. The fourth-order valence-corrected chi connectivity index (χ4v) is 2.36. The molecule has 108 valence electrons. The van der Waals surface area contributed by atoms with E-state index < -0.39 is 4.92 Å². The van der Waals surface area contributed by atoms with Gasteiger partial charge in [0.25, 0.3) is 5.69 Å². The summed E-state index contributed by atoms with van der Waals surface area (Å²) in [4.78, 5) is 23.7. The van der Waals surface area contributed by atoms with Crippen LogP contribution in [0.1, 0.15) is 12.8 Å². The van der Waals surface area contributed by atoms with Crippen molar-refractivity contribution in [3.05, 3.63) is 34.4 Å². The van der Waals surface area contributed by atoms with E-state index in [0.29, 0.717) is 18.8 Å². The highest BCUT2D eigenvalue weighted by atomic mass is 16.6. The van der Waals surface area contributed by atoms with E-state index in [0.717, 1.165) is 12.8 Å². The second-order valence-electron chi connectivity index (χ2n) is 4.67. The number of carbonyl (C=O) groups excluding carboxylic acids is 1. The zero-order chi connectivity index (χ0) is 14.5. The molecule has 0 aromatic heterocycles. The van der Waals surface area contributed by atoms with Crippen molar-refractivity contribution in [3.8, 4) is 0 Å². The van der Waals surface area contributed by atoms with Gasteiger partial charge in [0.1, 0.15) is 5.69 Å². The highest BCUT2D eigenvalue weighted by Crippen LogP contribution is 2.25. The van der Waals surface area contributed by atoms with Crippen molar-refractivity contribution >= 4 is 17.5 Å². The number of amides is 1. The molecule has 1 N–H and O–H groups in total. The van der Waals surface area contributed by atoms with Gasteiger partial charge in [0.2, 0.25) is 0 Å². The van der Waals surface area contributed by atoms with Crippen molar-refractivity contribution in [3.63, 3.8) is 0 Å². The average Bonchev–Trinajstić information content (AvgIpc) is 2.47. The van der Waals surface area contributed by atoms with Gasteiger partial charge in [-0.2, -0.15) is 0 Å². The number of methoxy groups -OCH3 is 1. The third kappa shape index (κ3) is 3.17. The summed E-state index contributed by atoms with van der Waals surface area (Å²) >= 11 is 0. The topological polar surface area (TPSA) is 84.7 Å². The van der Waals surface area contributed by atoms with Gasteiger partial charge < -0.3 is 15.0 Å². The Bertz CT molecular complexity index is 506. The smallest absolute Gasteiger partial charge is 0.409 e. The molecule has 1 heterocycles. The molecule has 1 aliphatic heterocycles. The predicted octanol–water partition coefficient (Wildman–Crippen LogP) is 2.24. The molecule has 0 aliphatic carbocycles. The van der Waals surface area contributed by atoms with Crippen LogP contribution >= 0.6 is 0 Å². The molecule has 7 nitrogen and oxygen atoms in total. The Kier molecular flexibility index (Phi) is 4.39. The van der Waals surface area contributed by atoms with Crippen LogP contribution in [-0.4, -0.2) is 42.2 Å². The van der Waals surface area contributed by atoms with E-state index in [2.05, 4.69) is 5.32 Å². The highest BCUT2D eigenvalue weighted by Gasteiger charge is 2.25. The minimum absolute atomic E-state index is 0.0102. The fraction of sp³-hybridized carbons (Fsp3) is 0.462. The minimum Gasteiger partial charge on any atom is -0.453 e. The van der Waals surface area contributed by atoms with Crippen LogP contribution in [0.2, 0.25) is 0 Å². The van der Waals surface area contributed by atoms with E-state index in [1.807, 2.05) is 0 Å². The van der Waals surface area contributed by atoms with Crippen LogP contribution in [0.5, 0.6) is 0 Å². The standard InChI is InChI=1S/C13H17N3O4/c1-20-13(17)15-8-4-5-10(9-15)14-11-6-2-3-7-12(11)16(18)19/h2-3,6-7,10,14H,4-5,8-9H2,1H3. The highest BCUT2D eigenvalue weighted by molar-refractivity contribution is 5.68. The van der Waals surface area contributed by atoms with Crippen molar-refractivity contribution in [1.82, 2.24) is 4.90 Å². The number of nitro benzene ring substituents is 1. The van der Waals surface area contributed by atoms with E-state index in [1.54, 1.807) is 23.1 Å². The molecular weight excluding hydrogens is 262 g/mol. The summed E-state index contributed by atoms with van der Waals surface area (Å²) in [5.41, 5.74) is 0.525. The van der Waals surface area contributed by atoms with Gasteiger partial charge in [-0.25, -0.2) is 4.79 Å². The van der Waals surface area contributed by atoms with E-state index in [1.165, 1.54) is 13.2 Å². The number of piperidine rings is 1. The first-order chi connectivity index (χ1) is 9.61. The predicted molar refractivity (Wildman–Crippen MR) is 73.7 cm³/mol. The average molecular weight is 279 g/mol. The summed E-state index contributed by atoms with van der Waals surface area (Å²) in [6.45, 7) is 1.14. The summed E-state index contributed by atoms with van der Waals surface area (Å²) in [6.07, 6.45) is 1.34. The first-order valence-electron chi connectivity index (χ1n) is 6.44.